The van der Waals surface area contributed by atoms with Crippen LogP contribution < -0.4 is 4.74 Å². The fraction of sp³-hybridized carbons (Fsp3) is 0.529. The first-order chi connectivity index (χ1) is 12.0. The second kappa shape index (κ2) is 9.12. The second-order valence-electron chi connectivity index (χ2n) is 5.97. The van der Waals surface area contributed by atoms with Crippen LogP contribution in [0, 0.1) is 6.92 Å². The van der Waals surface area contributed by atoms with E-state index in [1.165, 1.54) is 11.8 Å². The Morgan fingerprint density at radius 2 is 2.04 bits per heavy atom. The number of likely N-dealkylation sites (N-methyl/N-ethyl adjacent to an activating group) is 1. The lowest BCUT2D eigenvalue weighted by Crippen LogP contribution is -2.28. The number of rotatable bonds is 9. The molecule has 1 atom stereocenters. The van der Waals surface area contributed by atoms with Crippen molar-refractivity contribution in [2.24, 2.45) is 0 Å². The molecule has 25 heavy (non-hydrogen) atoms. The average molecular weight is 347 g/mol. The van der Waals surface area contributed by atoms with Gasteiger partial charge in [-0.25, -0.2) is 0 Å². The average Bonchev–Trinajstić information content (AvgIpc) is 3.00. The van der Waals surface area contributed by atoms with E-state index in [4.69, 9.17) is 4.74 Å². The van der Waals surface area contributed by atoms with E-state index in [1.807, 2.05) is 31.2 Å². The Hall–Kier alpha value is -2.48. The van der Waals surface area contributed by atoms with Crippen molar-refractivity contribution < 1.29 is 14.6 Å². The number of hydrogen-bond donors (Lipinski definition) is 1. The lowest BCUT2D eigenvalue weighted by molar-refractivity contribution is -0.128. The smallest absolute Gasteiger partial charge is 0.219 e. The highest BCUT2D eigenvalue weighted by Gasteiger charge is 2.12. The minimum Gasteiger partial charge on any atom is -0.494 e. The molecule has 0 aliphatic rings. The van der Waals surface area contributed by atoms with Crippen LogP contribution in [-0.4, -0.2) is 56.3 Å². The quantitative estimate of drug-likeness (QED) is 0.688. The molecule has 0 aliphatic carbocycles. The van der Waals surface area contributed by atoms with Gasteiger partial charge in [-0.15, -0.1) is 10.2 Å². The lowest BCUT2D eigenvalue weighted by atomic mass is 10.1. The number of ether oxygens (including phenoxy) is 1. The topological polar surface area (TPSA) is 93.4 Å². The maximum absolute atomic E-state index is 11.2. The van der Waals surface area contributed by atoms with E-state index in [-0.39, 0.29) is 12.5 Å². The number of aromatic nitrogens is 4. The summed E-state index contributed by atoms with van der Waals surface area (Å²) in [5.41, 5.74) is 0.757. The summed E-state index contributed by atoms with van der Waals surface area (Å²) in [7, 11) is 1.67. The third-order valence-corrected chi connectivity index (χ3v) is 3.82. The third kappa shape index (κ3) is 6.15. The normalized spacial score (nSPS) is 12.0. The van der Waals surface area contributed by atoms with Crippen molar-refractivity contribution in [1.82, 2.24) is 25.1 Å². The molecular weight excluding hydrogens is 322 g/mol. The first kappa shape index (κ1) is 18.9. The van der Waals surface area contributed by atoms with Gasteiger partial charge >= 0.3 is 0 Å². The van der Waals surface area contributed by atoms with Gasteiger partial charge in [0.2, 0.25) is 5.91 Å². The van der Waals surface area contributed by atoms with Gasteiger partial charge in [0.15, 0.2) is 5.82 Å². The molecule has 0 spiro atoms. The van der Waals surface area contributed by atoms with Gasteiger partial charge < -0.3 is 14.7 Å². The van der Waals surface area contributed by atoms with Crippen LogP contribution in [0.5, 0.6) is 5.75 Å². The van der Waals surface area contributed by atoms with Gasteiger partial charge in [-0.05, 0) is 42.7 Å². The van der Waals surface area contributed by atoms with Gasteiger partial charge in [-0.1, -0.05) is 12.1 Å². The Labute approximate surface area is 147 Å². The largest absolute Gasteiger partial charge is 0.494 e. The summed E-state index contributed by atoms with van der Waals surface area (Å²) >= 11 is 0. The van der Waals surface area contributed by atoms with Crippen LogP contribution in [0.25, 0.3) is 0 Å². The number of amides is 1. The fourth-order valence-corrected chi connectivity index (χ4v) is 2.24. The number of hydrogen-bond acceptors (Lipinski definition) is 6. The highest BCUT2D eigenvalue weighted by Crippen LogP contribution is 2.18. The van der Waals surface area contributed by atoms with E-state index in [1.54, 1.807) is 11.8 Å². The van der Waals surface area contributed by atoms with Crippen LogP contribution in [0.4, 0.5) is 0 Å². The van der Waals surface area contributed by atoms with Crippen molar-refractivity contribution in [3.05, 3.63) is 35.7 Å². The van der Waals surface area contributed by atoms with Crippen molar-refractivity contribution in [2.75, 3.05) is 20.2 Å². The molecule has 2 rings (SSSR count). The Bertz CT molecular complexity index is 671. The lowest BCUT2D eigenvalue weighted by Gasteiger charge is -2.19. The Morgan fingerprint density at radius 3 is 2.64 bits per heavy atom. The molecule has 0 fully saturated rings. The number of benzene rings is 1. The number of aliphatic hydroxyl groups excluding tert-OH is 1. The highest BCUT2D eigenvalue weighted by atomic mass is 16.5. The van der Waals surface area contributed by atoms with Crippen LogP contribution in [0.3, 0.4) is 0 Å². The molecule has 8 heteroatoms. The first-order valence-corrected chi connectivity index (χ1v) is 8.32. The highest BCUT2D eigenvalue weighted by molar-refractivity contribution is 5.72. The van der Waals surface area contributed by atoms with Crippen LogP contribution in [0.1, 0.15) is 37.3 Å². The van der Waals surface area contributed by atoms with Crippen molar-refractivity contribution in [3.8, 4) is 5.75 Å². The van der Waals surface area contributed by atoms with Crippen molar-refractivity contribution in [2.45, 2.75) is 39.3 Å². The molecule has 8 nitrogen and oxygen atoms in total. The number of unbranched alkanes of at least 4 members (excludes halogenated alkanes) is 1. The Balaban J connectivity index is 1.70. The zero-order valence-corrected chi connectivity index (χ0v) is 14.9. The maximum Gasteiger partial charge on any atom is 0.219 e. The maximum atomic E-state index is 11.2. The minimum atomic E-state index is -0.707. The zero-order valence-electron chi connectivity index (χ0n) is 14.9. The summed E-state index contributed by atoms with van der Waals surface area (Å²) < 4.78 is 5.69. The number of carbonyl (C=O) groups excluding carboxylic acids is 1. The third-order valence-electron chi connectivity index (χ3n) is 3.82. The monoisotopic (exact) mass is 347 g/mol. The molecule has 136 valence electrons. The standard InChI is InChI=1S/C17H25N5O3/c1-13-18-20-22(19-13)10-4-5-11-25-16-8-6-15(7-9-16)17(24)12-21(3)14(2)23/h6-9,17,24H,4-5,10-12H2,1-3H3/t17-/m0/s1. The number of tetrazole rings is 1. The SMILES string of the molecule is CC(=O)N(C)C[C@H](O)c1ccc(OCCCCn2nnc(C)n2)cc1. The molecule has 1 heterocycles. The van der Waals surface area contributed by atoms with Crippen LogP contribution in [-0.2, 0) is 11.3 Å². The van der Waals surface area contributed by atoms with Gasteiger partial charge in [0.05, 0.1) is 25.8 Å². The number of aryl methyl sites for hydroxylation is 2. The molecule has 0 bridgehead atoms. The van der Waals surface area contributed by atoms with E-state index in [9.17, 15) is 9.90 Å². The molecule has 0 saturated heterocycles. The summed E-state index contributed by atoms with van der Waals surface area (Å²) in [6.45, 7) is 4.88. The number of aliphatic hydroxyl groups is 1. The second-order valence-corrected chi connectivity index (χ2v) is 5.97. The van der Waals surface area contributed by atoms with E-state index in [2.05, 4.69) is 15.4 Å². The molecule has 0 saturated carbocycles. The molecule has 2 aromatic rings. The zero-order chi connectivity index (χ0) is 18.2. The van der Waals surface area contributed by atoms with E-state index < -0.39 is 6.10 Å². The van der Waals surface area contributed by atoms with Crippen LogP contribution in [0.15, 0.2) is 24.3 Å². The summed E-state index contributed by atoms with van der Waals surface area (Å²) in [5.74, 6) is 1.36. The summed E-state index contributed by atoms with van der Waals surface area (Å²) in [5, 5.41) is 22.0. The van der Waals surface area contributed by atoms with Gasteiger partial charge in [-0.3, -0.25) is 4.79 Å². The Kier molecular flexibility index (Phi) is 6.88. The molecule has 0 radical (unpaired) electrons. The van der Waals surface area contributed by atoms with Gasteiger partial charge in [0, 0.05) is 14.0 Å². The first-order valence-electron chi connectivity index (χ1n) is 8.32. The fourth-order valence-electron chi connectivity index (χ4n) is 2.24. The summed E-state index contributed by atoms with van der Waals surface area (Å²) in [6.07, 6.45) is 1.08. The molecule has 0 unspecified atom stereocenters. The van der Waals surface area contributed by atoms with Crippen molar-refractivity contribution >= 4 is 5.91 Å². The van der Waals surface area contributed by atoms with Gasteiger partial charge in [0.25, 0.3) is 0 Å². The van der Waals surface area contributed by atoms with Crippen molar-refractivity contribution in [3.63, 3.8) is 0 Å². The summed E-state index contributed by atoms with van der Waals surface area (Å²) in [4.78, 5) is 14.3. The molecule has 1 amide bonds. The predicted molar refractivity (Wildman–Crippen MR) is 92.0 cm³/mol. The predicted octanol–water partition coefficient (Wildman–Crippen LogP) is 1.35. The van der Waals surface area contributed by atoms with Crippen LogP contribution in [0.2, 0.25) is 0 Å². The van der Waals surface area contributed by atoms with Gasteiger partial charge in [-0.2, -0.15) is 4.80 Å². The van der Waals surface area contributed by atoms with E-state index >= 15 is 0 Å². The van der Waals surface area contributed by atoms with E-state index in [0.717, 1.165) is 30.7 Å². The molecular formula is C17H25N5O3. The molecule has 0 aliphatic heterocycles. The molecule has 1 N–H and O–H groups in total. The van der Waals surface area contributed by atoms with E-state index in [0.29, 0.717) is 12.4 Å². The molecule has 1 aromatic heterocycles. The number of nitrogens with zero attached hydrogens (tertiary/aromatic N) is 5. The Morgan fingerprint density at radius 1 is 1.32 bits per heavy atom. The number of carbonyl (C=O) groups is 1. The van der Waals surface area contributed by atoms with Crippen molar-refractivity contribution in [1.29, 1.82) is 0 Å². The minimum absolute atomic E-state index is 0.0738. The van der Waals surface area contributed by atoms with Gasteiger partial charge in [0.1, 0.15) is 5.75 Å². The van der Waals surface area contributed by atoms with Crippen LogP contribution >= 0.6 is 0 Å². The summed E-state index contributed by atoms with van der Waals surface area (Å²) in [6, 6.07) is 7.29. The molecule has 1 aromatic carbocycles.